The van der Waals surface area contributed by atoms with Crippen LogP contribution in [0.1, 0.15) is 0 Å². The Kier molecular flexibility index (Phi) is 5.43. The van der Waals surface area contributed by atoms with Gasteiger partial charge in [0.1, 0.15) is 5.69 Å². The van der Waals surface area contributed by atoms with Crippen molar-refractivity contribution in [2.24, 2.45) is 0 Å². The molecule has 1 amide bonds. The van der Waals surface area contributed by atoms with Crippen LogP contribution in [0.3, 0.4) is 0 Å². The van der Waals surface area contributed by atoms with Gasteiger partial charge in [0.2, 0.25) is 5.91 Å². The number of nitro benzene ring substituents is 1. The van der Waals surface area contributed by atoms with Crippen LogP contribution in [0, 0.1) is 10.1 Å². The van der Waals surface area contributed by atoms with Gasteiger partial charge in [-0.05, 0) is 12.1 Å². The molecule has 0 saturated heterocycles. The van der Waals surface area contributed by atoms with E-state index >= 15 is 0 Å². The van der Waals surface area contributed by atoms with E-state index in [2.05, 4.69) is 5.32 Å². The number of hydrogen-bond acceptors (Lipinski definition) is 4. The lowest BCUT2D eigenvalue weighted by atomic mass is 10.2. The zero-order chi connectivity index (χ0) is 14.4. The summed E-state index contributed by atoms with van der Waals surface area (Å²) in [6, 6.07) is 3.87. The van der Waals surface area contributed by atoms with E-state index < -0.39 is 23.8 Å². The van der Waals surface area contributed by atoms with Crippen molar-refractivity contribution in [3.8, 4) is 0 Å². The van der Waals surface area contributed by atoms with Crippen molar-refractivity contribution in [1.29, 1.82) is 0 Å². The van der Waals surface area contributed by atoms with Crippen LogP contribution in [0.2, 0.25) is 5.02 Å². The van der Waals surface area contributed by atoms with Gasteiger partial charge in [-0.2, -0.15) is 0 Å². The van der Waals surface area contributed by atoms with Crippen LogP contribution in [0.4, 0.5) is 20.2 Å². The maximum atomic E-state index is 11.8. The molecule has 0 saturated carbocycles. The highest BCUT2D eigenvalue weighted by molar-refractivity contribution is 6.30. The number of halogens is 3. The molecule has 6 nitrogen and oxygen atoms in total. The molecule has 0 fully saturated rings. The van der Waals surface area contributed by atoms with Crippen LogP contribution in [-0.2, 0) is 4.79 Å². The first-order valence-electron chi connectivity index (χ1n) is 5.13. The molecule has 0 spiro atoms. The molecule has 0 bridgehead atoms. The number of carbonyl (C=O) groups is 1. The van der Waals surface area contributed by atoms with Gasteiger partial charge >= 0.3 is 0 Å². The summed E-state index contributed by atoms with van der Waals surface area (Å²) in [6.07, 6.45) is -2.64. The van der Waals surface area contributed by atoms with Crippen molar-refractivity contribution in [3.63, 3.8) is 0 Å². The monoisotopic (exact) mass is 293 g/mol. The molecule has 9 heteroatoms. The first kappa shape index (κ1) is 15.1. The lowest BCUT2D eigenvalue weighted by Crippen LogP contribution is -2.33. The van der Waals surface area contributed by atoms with E-state index in [1.807, 2.05) is 5.32 Å². The Hall–Kier alpha value is -1.96. The summed E-state index contributed by atoms with van der Waals surface area (Å²) in [4.78, 5) is 21.2. The summed E-state index contributed by atoms with van der Waals surface area (Å²) in [7, 11) is 0. The number of hydrogen-bond donors (Lipinski definition) is 2. The third-order valence-electron chi connectivity index (χ3n) is 2.05. The van der Waals surface area contributed by atoms with Crippen LogP contribution in [0.5, 0.6) is 0 Å². The first-order chi connectivity index (χ1) is 8.90. The van der Waals surface area contributed by atoms with E-state index in [9.17, 15) is 23.7 Å². The van der Waals surface area contributed by atoms with E-state index in [-0.39, 0.29) is 22.9 Å². The van der Waals surface area contributed by atoms with Crippen molar-refractivity contribution in [3.05, 3.63) is 33.3 Å². The molecule has 0 aliphatic carbocycles. The third-order valence-corrected chi connectivity index (χ3v) is 2.28. The summed E-state index contributed by atoms with van der Waals surface area (Å²) in [5.74, 6) is -0.690. The van der Waals surface area contributed by atoms with E-state index in [1.54, 1.807) is 0 Å². The topological polar surface area (TPSA) is 84.3 Å². The second-order valence-electron chi connectivity index (χ2n) is 3.47. The zero-order valence-electron chi connectivity index (χ0n) is 9.53. The Morgan fingerprint density at radius 1 is 1.47 bits per heavy atom. The lowest BCUT2D eigenvalue weighted by Gasteiger charge is -2.08. The predicted molar refractivity (Wildman–Crippen MR) is 65.6 cm³/mol. The summed E-state index contributed by atoms with van der Waals surface area (Å²) in [5, 5.41) is 15.4. The molecule has 0 aromatic heterocycles. The predicted octanol–water partition coefficient (Wildman–Crippen LogP) is 2.04. The Labute approximate surface area is 111 Å². The Balaban J connectivity index is 2.62. The van der Waals surface area contributed by atoms with E-state index in [0.717, 1.165) is 6.07 Å². The minimum Gasteiger partial charge on any atom is -0.371 e. The molecule has 1 aromatic carbocycles. The fourth-order valence-corrected chi connectivity index (χ4v) is 1.40. The van der Waals surface area contributed by atoms with Gasteiger partial charge in [0.15, 0.2) is 0 Å². The standard InChI is InChI=1S/C10H10ClF2N3O3/c11-6-1-2-7(8(3-6)16(18)19)14-5-10(17)15-4-9(12)13/h1-3,9,14H,4-5H2,(H,15,17). The minimum atomic E-state index is -2.64. The van der Waals surface area contributed by atoms with Crippen LogP contribution in [-0.4, -0.2) is 30.3 Å². The van der Waals surface area contributed by atoms with E-state index in [0.29, 0.717) is 0 Å². The first-order valence-corrected chi connectivity index (χ1v) is 5.50. The minimum absolute atomic E-state index is 0.0848. The van der Waals surface area contributed by atoms with Crippen molar-refractivity contribution < 1.29 is 18.5 Å². The molecule has 0 radical (unpaired) electrons. The fraction of sp³-hybridized carbons (Fsp3) is 0.300. The number of carbonyl (C=O) groups excluding carboxylic acids is 1. The molecule has 0 aliphatic heterocycles. The molecule has 0 unspecified atom stereocenters. The van der Waals surface area contributed by atoms with Crippen LogP contribution in [0.15, 0.2) is 18.2 Å². The van der Waals surface area contributed by atoms with Crippen molar-refractivity contribution in [2.45, 2.75) is 6.43 Å². The van der Waals surface area contributed by atoms with Crippen LogP contribution >= 0.6 is 11.6 Å². The molecular formula is C10H10ClF2N3O3. The molecule has 2 N–H and O–H groups in total. The van der Waals surface area contributed by atoms with E-state index in [4.69, 9.17) is 11.6 Å². The largest absolute Gasteiger partial charge is 0.371 e. The highest BCUT2D eigenvalue weighted by Gasteiger charge is 2.15. The van der Waals surface area contributed by atoms with Gasteiger partial charge in [0.05, 0.1) is 18.0 Å². The fourth-order valence-electron chi connectivity index (χ4n) is 1.23. The van der Waals surface area contributed by atoms with E-state index in [1.165, 1.54) is 12.1 Å². The number of rotatable bonds is 6. The van der Waals surface area contributed by atoms with Gasteiger partial charge in [0, 0.05) is 11.1 Å². The maximum Gasteiger partial charge on any atom is 0.293 e. The van der Waals surface area contributed by atoms with Gasteiger partial charge < -0.3 is 10.6 Å². The molecular weight excluding hydrogens is 284 g/mol. The van der Waals surface area contributed by atoms with Crippen molar-refractivity contribution in [2.75, 3.05) is 18.4 Å². The number of anilines is 1. The normalized spacial score (nSPS) is 10.3. The van der Waals surface area contributed by atoms with Gasteiger partial charge in [-0.15, -0.1) is 0 Å². The number of nitrogens with zero attached hydrogens (tertiary/aromatic N) is 1. The number of benzene rings is 1. The quantitative estimate of drug-likeness (QED) is 0.621. The van der Waals surface area contributed by atoms with Crippen molar-refractivity contribution >= 4 is 28.9 Å². The molecule has 0 aliphatic rings. The SMILES string of the molecule is O=C(CNc1ccc(Cl)cc1[N+](=O)[O-])NCC(F)F. The molecule has 104 valence electrons. The third kappa shape index (κ3) is 5.04. The second kappa shape index (κ2) is 6.83. The highest BCUT2D eigenvalue weighted by atomic mass is 35.5. The molecule has 0 atom stereocenters. The average Bonchev–Trinajstić information content (AvgIpc) is 2.34. The number of nitrogens with one attached hydrogen (secondary N) is 2. The molecule has 1 rings (SSSR count). The van der Waals surface area contributed by atoms with Crippen LogP contribution in [0.25, 0.3) is 0 Å². The van der Waals surface area contributed by atoms with Crippen molar-refractivity contribution in [1.82, 2.24) is 5.32 Å². The smallest absolute Gasteiger partial charge is 0.293 e. The van der Waals surface area contributed by atoms with Gasteiger partial charge in [0.25, 0.3) is 12.1 Å². The number of nitro groups is 1. The van der Waals surface area contributed by atoms with Gasteiger partial charge in [-0.25, -0.2) is 8.78 Å². The number of alkyl halides is 2. The van der Waals surface area contributed by atoms with Crippen LogP contribution < -0.4 is 10.6 Å². The highest BCUT2D eigenvalue weighted by Crippen LogP contribution is 2.27. The molecule has 0 heterocycles. The maximum absolute atomic E-state index is 11.8. The molecule has 1 aromatic rings. The Morgan fingerprint density at radius 3 is 2.74 bits per heavy atom. The summed E-state index contributed by atoms with van der Waals surface area (Å²) < 4.78 is 23.7. The van der Waals surface area contributed by atoms with Gasteiger partial charge in [-0.1, -0.05) is 11.6 Å². The lowest BCUT2D eigenvalue weighted by molar-refractivity contribution is -0.383. The average molecular weight is 294 g/mol. The summed E-state index contributed by atoms with van der Waals surface area (Å²) in [6.45, 7) is -1.11. The number of amides is 1. The Bertz CT molecular complexity index is 485. The summed E-state index contributed by atoms with van der Waals surface area (Å²) in [5.41, 5.74) is -0.212. The second-order valence-corrected chi connectivity index (χ2v) is 3.90. The zero-order valence-corrected chi connectivity index (χ0v) is 10.3. The van der Waals surface area contributed by atoms with Gasteiger partial charge in [-0.3, -0.25) is 14.9 Å². The molecule has 19 heavy (non-hydrogen) atoms. The summed E-state index contributed by atoms with van der Waals surface area (Å²) >= 11 is 5.61. The Morgan fingerprint density at radius 2 is 2.16 bits per heavy atom.